The zero-order valence-corrected chi connectivity index (χ0v) is 17.6. The van der Waals surface area contributed by atoms with Gasteiger partial charge in [0.2, 0.25) is 0 Å². The van der Waals surface area contributed by atoms with Gasteiger partial charge in [0.15, 0.2) is 5.11 Å². The van der Waals surface area contributed by atoms with Crippen molar-refractivity contribution in [2.75, 3.05) is 5.32 Å². The van der Waals surface area contributed by atoms with Crippen LogP contribution >= 0.6 is 28.1 Å². The predicted molar refractivity (Wildman–Crippen MR) is 112 cm³/mol. The minimum absolute atomic E-state index is 0.00766. The summed E-state index contributed by atoms with van der Waals surface area (Å²) in [6.45, 7) is 10.4. The van der Waals surface area contributed by atoms with E-state index in [0.717, 1.165) is 26.9 Å². The van der Waals surface area contributed by atoms with E-state index in [9.17, 15) is 4.79 Å². The average Bonchev–Trinajstić information content (AvgIpc) is 2.44. The fraction of sp³-hybridized carbons (Fsp3) is 0.300. The summed E-state index contributed by atoms with van der Waals surface area (Å²) in [6, 6.07) is 11.7. The molecule has 25 heavy (non-hydrogen) atoms. The standard InChI is InChI=1S/C20H23BrN2OS/c1-12-8-13(2)10-15(9-12)22-19(25)23-18(24)14-6-7-16(17(21)11-14)20(3,4)5/h6-11H,1-5H3,(H2,22,23,24,25). The number of benzene rings is 2. The summed E-state index contributed by atoms with van der Waals surface area (Å²) in [6.07, 6.45) is 0. The number of carbonyl (C=O) groups excluding carboxylic acids is 1. The molecule has 0 aliphatic rings. The van der Waals surface area contributed by atoms with Crippen molar-refractivity contribution >= 4 is 44.9 Å². The Hall–Kier alpha value is -1.72. The van der Waals surface area contributed by atoms with Crippen LogP contribution in [0.4, 0.5) is 5.69 Å². The van der Waals surface area contributed by atoms with E-state index in [2.05, 4.69) is 53.4 Å². The monoisotopic (exact) mass is 418 g/mol. The lowest BCUT2D eigenvalue weighted by Crippen LogP contribution is -2.34. The Morgan fingerprint density at radius 1 is 1.04 bits per heavy atom. The Kier molecular flexibility index (Phi) is 6.01. The fourth-order valence-corrected chi connectivity index (χ4v) is 3.83. The van der Waals surface area contributed by atoms with Gasteiger partial charge in [0, 0.05) is 15.7 Å². The molecule has 0 atom stereocenters. The van der Waals surface area contributed by atoms with Crippen LogP contribution in [0.5, 0.6) is 0 Å². The van der Waals surface area contributed by atoms with Crippen LogP contribution in [0.15, 0.2) is 40.9 Å². The molecule has 0 heterocycles. The second kappa shape index (κ2) is 7.67. The number of anilines is 1. The third-order valence-electron chi connectivity index (χ3n) is 3.75. The molecule has 132 valence electrons. The first-order chi connectivity index (χ1) is 11.6. The van der Waals surface area contributed by atoms with Crippen molar-refractivity contribution in [3.63, 3.8) is 0 Å². The maximum absolute atomic E-state index is 12.4. The highest BCUT2D eigenvalue weighted by molar-refractivity contribution is 9.10. The number of nitrogens with one attached hydrogen (secondary N) is 2. The molecule has 0 fully saturated rings. The van der Waals surface area contributed by atoms with Crippen molar-refractivity contribution < 1.29 is 4.79 Å². The van der Waals surface area contributed by atoms with E-state index in [4.69, 9.17) is 12.2 Å². The molecule has 0 aliphatic carbocycles. The van der Waals surface area contributed by atoms with Crippen molar-refractivity contribution in [2.45, 2.75) is 40.0 Å². The van der Waals surface area contributed by atoms with Gasteiger partial charge in [-0.05, 0) is 72.4 Å². The summed E-state index contributed by atoms with van der Waals surface area (Å²) in [7, 11) is 0. The molecule has 2 rings (SSSR count). The number of aryl methyl sites for hydroxylation is 2. The normalized spacial score (nSPS) is 11.1. The lowest BCUT2D eigenvalue weighted by molar-refractivity contribution is 0.0977. The molecule has 0 saturated heterocycles. The highest BCUT2D eigenvalue weighted by Crippen LogP contribution is 2.30. The number of carbonyl (C=O) groups is 1. The van der Waals surface area contributed by atoms with Gasteiger partial charge in [-0.15, -0.1) is 0 Å². The molecule has 0 saturated carbocycles. The second-order valence-electron chi connectivity index (χ2n) is 7.23. The Morgan fingerprint density at radius 3 is 2.16 bits per heavy atom. The molecule has 0 aromatic heterocycles. The van der Waals surface area contributed by atoms with Crippen LogP contribution in [-0.4, -0.2) is 11.0 Å². The maximum atomic E-state index is 12.4. The summed E-state index contributed by atoms with van der Waals surface area (Å²) in [5.74, 6) is -0.233. The molecule has 0 aliphatic heterocycles. The lowest BCUT2D eigenvalue weighted by atomic mass is 9.86. The summed E-state index contributed by atoms with van der Waals surface area (Å²) < 4.78 is 0.917. The maximum Gasteiger partial charge on any atom is 0.257 e. The fourth-order valence-electron chi connectivity index (χ4n) is 2.65. The van der Waals surface area contributed by atoms with E-state index in [1.54, 1.807) is 0 Å². The average molecular weight is 419 g/mol. The molecule has 2 aromatic rings. The van der Waals surface area contributed by atoms with Crippen LogP contribution in [0.25, 0.3) is 0 Å². The molecule has 0 radical (unpaired) electrons. The largest absolute Gasteiger partial charge is 0.332 e. The van der Waals surface area contributed by atoms with Gasteiger partial charge in [0.05, 0.1) is 0 Å². The van der Waals surface area contributed by atoms with Crippen LogP contribution in [0.1, 0.15) is 47.8 Å². The highest BCUT2D eigenvalue weighted by atomic mass is 79.9. The van der Waals surface area contributed by atoms with E-state index in [1.807, 2.05) is 44.2 Å². The van der Waals surface area contributed by atoms with Gasteiger partial charge in [-0.3, -0.25) is 10.1 Å². The van der Waals surface area contributed by atoms with Gasteiger partial charge in [-0.2, -0.15) is 0 Å². The molecule has 3 nitrogen and oxygen atoms in total. The van der Waals surface area contributed by atoms with E-state index in [1.165, 1.54) is 0 Å². The lowest BCUT2D eigenvalue weighted by Gasteiger charge is -2.21. The van der Waals surface area contributed by atoms with Crippen molar-refractivity contribution in [3.05, 3.63) is 63.1 Å². The second-order valence-corrected chi connectivity index (χ2v) is 8.49. The first kappa shape index (κ1) is 19.6. The molecule has 2 aromatic carbocycles. The number of hydrogen-bond donors (Lipinski definition) is 2. The van der Waals surface area contributed by atoms with E-state index in [-0.39, 0.29) is 16.4 Å². The van der Waals surface area contributed by atoms with Crippen LogP contribution in [0, 0.1) is 13.8 Å². The van der Waals surface area contributed by atoms with E-state index >= 15 is 0 Å². The van der Waals surface area contributed by atoms with Crippen molar-refractivity contribution in [2.24, 2.45) is 0 Å². The number of halogens is 1. The zero-order chi connectivity index (χ0) is 18.8. The first-order valence-electron chi connectivity index (χ1n) is 8.07. The first-order valence-corrected chi connectivity index (χ1v) is 9.27. The topological polar surface area (TPSA) is 41.1 Å². The SMILES string of the molecule is Cc1cc(C)cc(NC(=S)NC(=O)c2ccc(C(C)(C)C)c(Br)c2)c1. The van der Waals surface area contributed by atoms with Gasteiger partial charge < -0.3 is 5.32 Å². The van der Waals surface area contributed by atoms with Gasteiger partial charge in [0.25, 0.3) is 5.91 Å². The number of amides is 1. The number of thiocarbonyl (C=S) groups is 1. The van der Waals surface area contributed by atoms with E-state index in [0.29, 0.717) is 5.56 Å². The third kappa shape index (κ3) is 5.38. The smallest absolute Gasteiger partial charge is 0.257 e. The molecule has 0 unspecified atom stereocenters. The Morgan fingerprint density at radius 2 is 1.64 bits per heavy atom. The van der Waals surface area contributed by atoms with Crippen LogP contribution in [0.3, 0.4) is 0 Å². The van der Waals surface area contributed by atoms with Gasteiger partial charge >= 0.3 is 0 Å². The van der Waals surface area contributed by atoms with Crippen LogP contribution < -0.4 is 10.6 Å². The summed E-state index contributed by atoms with van der Waals surface area (Å²) in [5, 5.41) is 6.08. The summed E-state index contributed by atoms with van der Waals surface area (Å²) in [4.78, 5) is 12.4. The molecule has 0 bridgehead atoms. The van der Waals surface area contributed by atoms with Crippen molar-refractivity contribution in [3.8, 4) is 0 Å². The highest BCUT2D eigenvalue weighted by Gasteiger charge is 2.18. The van der Waals surface area contributed by atoms with Crippen molar-refractivity contribution in [1.29, 1.82) is 0 Å². The van der Waals surface area contributed by atoms with Gasteiger partial charge in [-0.1, -0.05) is 48.8 Å². The molecular formula is C20H23BrN2OS. The minimum atomic E-state index is -0.233. The Labute approximate surface area is 163 Å². The van der Waals surface area contributed by atoms with Gasteiger partial charge in [-0.25, -0.2) is 0 Å². The van der Waals surface area contributed by atoms with E-state index < -0.39 is 0 Å². The summed E-state index contributed by atoms with van der Waals surface area (Å²) in [5.41, 5.74) is 4.86. The zero-order valence-electron chi connectivity index (χ0n) is 15.2. The minimum Gasteiger partial charge on any atom is -0.332 e. The molecule has 1 amide bonds. The molecule has 5 heteroatoms. The molecule has 2 N–H and O–H groups in total. The number of rotatable bonds is 2. The molecular weight excluding hydrogens is 396 g/mol. The van der Waals surface area contributed by atoms with Crippen molar-refractivity contribution in [1.82, 2.24) is 5.32 Å². The van der Waals surface area contributed by atoms with Gasteiger partial charge in [0.1, 0.15) is 0 Å². The van der Waals surface area contributed by atoms with Crippen LogP contribution in [-0.2, 0) is 5.41 Å². The summed E-state index contributed by atoms with van der Waals surface area (Å²) >= 11 is 8.82. The molecule has 0 spiro atoms. The number of hydrogen-bond acceptors (Lipinski definition) is 2. The predicted octanol–water partition coefficient (Wildman–Crippen LogP) is 5.49. The Balaban J connectivity index is 2.08. The van der Waals surface area contributed by atoms with Crippen LogP contribution in [0.2, 0.25) is 0 Å². The third-order valence-corrected chi connectivity index (χ3v) is 4.61. The quantitative estimate of drug-likeness (QED) is 0.633. The Bertz CT molecular complexity index is 805.